The second-order valence-electron chi connectivity index (χ2n) is 3.34. The Morgan fingerprint density at radius 3 is 2.28 bits per heavy atom. The fraction of sp³-hybridized carbons (Fsp3) is 0.222. The summed E-state index contributed by atoms with van der Waals surface area (Å²) in [6.07, 6.45) is 0.871. The first-order valence-electron chi connectivity index (χ1n) is 4.92. The molecule has 3 N–H and O–H groups in total. The fourth-order valence-corrected chi connectivity index (χ4v) is 2.69. The normalized spacial score (nSPS) is 15.3. The smallest absolute Gasteiger partial charge is 0.302 e. The molecular formula is C9H13O7P2. The van der Waals surface area contributed by atoms with Gasteiger partial charge < -0.3 is 14.7 Å². The molecule has 0 fully saturated rings. The molecule has 0 heterocycles. The lowest BCUT2D eigenvalue weighted by molar-refractivity contribution is 0.201. The van der Waals surface area contributed by atoms with Crippen molar-refractivity contribution in [1.82, 2.24) is 0 Å². The van der Waals surface area contributed by atoms with Gasteiger partial charge in [0, 0.05) is 0 Å². The van der Waals surface area contributed by atoms with E-state index >= 15 is 0 Å². The Morgan fingerprint density at radius 1 is 1.11 bits per heavy atom. The summed E-state index contributed by atoms with van der Waals surface area (Å²) in [6, 6.07) is 9.31. The minimum absolute atomic E-state index is 0.305. The molecule has 18 heavy (non-hydrogen) atoms. The summed E-state index contributed by atoms with van der Waals surface area (Å²) in [7, 11) is -9.81. The van der Waals surface area contributed by atoms with Crippen LogP contribution in [0.2, 0.25) is 0 Å². The van der Waals surface area contributed by atoms with Gasteiger partial charge in [-0.25, -0.2) is 9.13 Å². The molecule has 0 aromatic heterocycles. The molecule has 9 heteroatoms. The highest BCUT2D eigenvalue weighted by Gasteiger charge is 2.32. The van der Waals surface area contributed by atoms with Gasteiger partial charge in [0.15, 0.2) is 0 Å². The molecule has 7 nitrogen and oxygen atoms in total. The summed E-state index contributed by atoms with van der Waals surface area (Å²) < 4.78 is 29.3. The molecule has 0 bridgehead atoms. The molecule has 0 saturated heterocycles. The maximum atomic E-state index is 11.0. The van der Waals surface area contributed by atoms with Gasteiger partial charge >= 0.3 is 15.6 Å². The van der Waals surface area contributed by atoms with E-state index in [1.54, 1.807) is 0 Å². The van der Waals surface area contributed by atoms with Crippen molar-refractivity contribution in [1.29, 1.82) is 0 Å². The van der Waals surface area contributed by atoms with Crippen LogP contribution in [0, 0.1) is 6.61 Å². The van der Waals surface area contributed by atoms with Crippen molar-refractivity contribution in [3.63, 3.8) is 0 Å². The van der Waals surface area contributed by atoms with Crippen molar-refractivity contribution in [2.45, 2.75) is 12.8 Å². The Labute approximate surface area is 104 Å². The third kappa shape index (κ3) is 7.03. The van der Waals surface area contributed by atoms with Gasteiger partial charge in [0.2, 0.25) is 0 Å². The second kappa shape index (κ2) is 6.59. The minimum atomic E-state index is -5.05. The molecule has 0 spiro atoms. The summed E-state index contributed by atoms with van der Waals surface area (Å²) in [6.45, 7) is 0.990. The average Bonchev–Trinajstić information content (AvgIpc) is 2.23. The quantitative estimate of drug-likeness (QED) is 0.520. The molecule has 1 radical (unpaired) electrons. The van der Waals surface area contributed by atoms with Crippen LogP contribution in [0.3, 0.4) is 0 Å². The molecule has 0 amide bonds. The Kier molecular flexibility index (Phi) is 5.69. The topological polar surface area (TPSA) is 113 Å². The summed E-state index contributed by atoms with van der Waals surface area (Å²) in [5.74, 6) is 0. The van der Waals surface area contributed by atoms with E-state index in [1.807, 2.05) is 30.3 Å². The molecule has 1 unspecified atom stereocenters. The van der Waals surface area contributed by atoms with Crippen molar-refractivity contribution in [2.24, 2.45) is 0 Å². The Morgan fingerprint density at radius 2 is 1.72 bits per heavy atom. The standard InChI is InChI=1S/C9H13O7P2/c10-17(11,12)16-18(13,14)15-8-4-7-9-5-2-1-3-6-9/h1-3,5-6,8H,4,7H2,(H,13,14)(H2,10,11,12). The highest BCUT2D eigenvalue weighted by Crippen LogP contribution is 2.57. The number of phosphoric ester groups is 1. The predicted octanol–water partition coefficient (Wildman–Crippen LogP) is 2.01. The number of hydrogen-bond donors (Lipinski definition) is 3. The molecule has 1 aromatic carbocycles. The van der Waals surface area contributed by atoms with Crippen LogP contribution < -0.4 is 0 Å². The van der Waals surface area contributed by atoms with Crippen molar-refractivity contribution in [2.75, 3.05) is 0 Å². The molecule has 1 aromatic rings. The van der Waals surface area contributed by atoms with E-state index in [-0.39, 0.29) is 0 Å². The van der Waals surface area contributed by atoms with Gasteiger partial charge in [-0.15, -0.1) is 0 Å². The van der Waals surface area contributed by atoms with Gasteiger partial charge in [-0.05, 0) is 18.4 Å². The maximum absolute atomic E-state index is 11.0. The van der Waals surface area contributed by atoms with E-state index < -0.39 is 15.6 Å². The fourth-order valence-electron chi connectivity index (χ4n) is 1.17. The lowest BCUT2D eigenvalue weighted by Gasteiger charge is -2.11. The lowest BCUT2D eigenvalue weighted by atomic mass is 10.1. The number of rotatable bonds is 7. The van der Waals surface area contributed by atoms with Crippen LogP contribution in [0.4, 0.5) is 0 Å². The zero-order chi connectivity index (χ0) is 13.6. The van der Waals surface area contributed by atoms with E-state index in [9.17, 15) is 9.13 Å². The third-order valence-corrected chi connectivity index (χ3v) is 3.90. The minimum Gasteiger partial charge on any atom is -0.302 e. The Bertz CT molecular complexity index is 455. The van der Waals surface area contributed by atoms with Gasteiger partial charge in [-0.3, -0.25) is 4.52 Å². The Balaban J connectivity index is 2.30. The number of hydrogen-bond acceptors (Lipinski definition) is 4. The second-order valence-corrected chi connectivity index (χ2v) is 6.12. The molecule has 1 rings (SSSR count). The SMILES string of the molecule is O=P(O)(O)OP(=O)(O)O[CH]CCc1ccccc1. The van der Waals surface area contributed by atoms with E-state index in [2.05, 4.69) is 8.83 Å². The van der Waals surface area contributed by atoms with Crippen LogP contribution in [-0.4, -0.2) is 14.7 Å². The van der Waals surface area contributed by atoms with E-state index in [0.29, 0.717) is 12.8 Å². The van der Waals surface area contributed by atoms with Crippen molar-refractivity contribution in [3.05, 3.63) is 42.5 Å². The predicted molar refractivity (Wildman–Crippen MR) is 63.1 cm³/mol. The molecule has 101 valence electrons. The van der Waals surface area contributed by atoms with Crippen LogP contribution in [-0.2, 0) is 24.4 Å². The first-order chi connectivity index (χ1) is 8.29. The highest BCUT2D eigenvalue weighted by atomic mass is 31.3. The van der Waals surface area contributed by atoms with E-state index in [0.717, 1.165) is 12.2 Å². The average molecular weight is 295 g/mol. The van der Waals surface area contributed by atoms with Crippen LogP contribution in [0.1, 0.15) is 12.0 Å². The van der Waals surface area contributed by atoms with E-state index in [4.69, 9.17) is 14.7 Å². The first-order valence-corrected chi connectivity index (χ1v) is 7.95. The van der Waals surface area contributed by atoms with Crippen LogP contribution >= 0.6 is 15.6 Å². The zero-order valence-electron chi connectivity index (χ0n) is 9.25. The third-order valence-electron chi connectivity index (χ3n) is 1.81. The summed E-state index contributed by atoms with van der Waals surface area (Å²) in [4.78, 5) is 25.6. The van der Waals surface area contributed by atoms with Crippen LogP contribution in [0.15, 0.2) is 30.3 Å². The molecule has 1 atom stereocenters. The molecule has 0 aliphatic carbocycles. The van der Waals surface area contributed by atoms with Crippen LogP contribution in [0.25, 0.3) is 0 Å². The largest absolute Gasteiger partial charge is 0.481 e. The zero-order valence-corrected chi connectivity index (χ0v) is 11.0. The number of phosphoric acid groups is 2. The van der Waals surface area contributed by atoms with Gasteiger partial charge in [0.1, 0.15) is 0 Å². The molecule has 0 saturated carbocycles. The first kappa shape index (κ1) is 15.5. The highest BCUT2D eigenvalue weighted by molar-refractivity contribution is 7.60. The molecular weight excluding hydrogens is 282 g/mol. The number of aryl methyl sites for hydroxylation is 1. The Hall–Kier alpha value is -0.520. The van der Waals surface area contributed by atoms with Gasteiger partial charge in [0.05, 0.1) is 6.61 Å². The summed E-state index contributed by atoms with van der Waals surface area (Å²) >= 11 is 0. The van der Waals surface area contributed by atoms with Crippen molar-refractivity contribution >= 4 is 15.6 Å². The van der Waals surface area contributed by atoms with Gasteiger partial charge in [0.25, 0.3) is 0 Å². The summed E-state index contributed by atoms with van der Waals surface area (Å²) in [5.41, 5.74) is 1.00. The molecule has 0 aliphatic heterocycles. The van der Waals surface area contributed by atoms with Crippen LogP contribution in [0.5, 0.6) is 0 Å². The van der Waals surface area contributed by atoms with Crippen molar-refractivity contribution in [3.8, 4) is 0 Å². The molecule has 0 aliphatic rings. The van der Waals surface area contributed by atoms with Gasteiger partial charge in [-0.1, -0.05) is 30.3 Å². The summed E-state index contributed by atoms with van der Waals surface area (Å²) in [5, 5.41) is 0. The monoisotopic (exact) mass is 295 g/mol. The van der Waals surface area contributed by atoms with Crippen molar-refractivity contribution < 1.29 is 32.6 Å². The van der Waals surface area contributed by atoms with Gasteiger partial charge in [-0.2, -0.15) is 4.31 Å². The number of benzene rings is 1. The lowest BCUT2D eigenvalue weighted by Crippen LogP contribution is -1.93. The maximum Gasteiger partial charge on any atom is 0.481 e. The van der Waals surface area contributed by atoms with E-state index in [1.165, 1.54) is 0 Å².